The van der Waals surface area contributed by atoms with Crippen molar-refractivity contribution in [1.29, 1.82) is 0 Å². The molecule has 0 aliphatic heterocycles. The number of pyridine rings is 1. The fraction of sp³-hybridized carbons (Fsp3) is 0.242. The molecule has 47 heavy (non-hydrogen) atoms. The lowest BCUT2D eigenvalue weighted by Crippen LogP contribution is -2.37. The molecule has 2 amide bonds. The maximum atomic E-state index is 13.5. The lowest BCUT2D eigenvalue weighted by molar-refractivity contribution is -0.139. The zero-order valence-electron chi connectivity index (χ0n) is 25.2. The summed E-state index contributed by atoms with van der Waals surface area (Å²) < 4.78 is 55.9. The van der Waals surface area contributed by atoms with E-state index in [1.807, 2.05) is 0 Å². The van der Waals surface area contributed by atoms with Gasteiger partial charge in [0, 0.05) is 36.5 Å². The molecule has 1 heterocycles. The molecule has 3 aromatic rings. The topological polar surface area (TPSA) is 144 Å². The second kappa shape index (κ2) is 15.1. The number of ether oxygens (including phenoxy) is 3. The van der Waals surface area contributed by atoms with Gasteiger partial charge in [0.25, 0.3) is 5.91 Å². The number of amides is 2. The standard InChI is InChI=1S/C33H30F3N3O8/c1-45-25-12-7-22(27(16-25)33(34,35)36)15-29(40)38-23-8-5-21(6-9-23)31(43)39(19-30(41)42)18-20-3-10-24(11-4-20)47-32(44)28-17-26(46-2)13-14-37-28/h3-10,12-14,16-17,24H,11,15,18-19H2,1-2H3,(H,38,40)(H,41,42). The van der Waals surface area contributed by atoms with Gasteiger partial charge in [-0.2, -0.15) is 13.2 Å². The molecule has 2 aromatic carbocycles. The molecule has 11 nitrogen and oxygen atoms in total. The van der Waals surface area contributed by atoms with Gasteiger partial charge < -0.3 is 29.5 Å². The molecule has 2 N–H and O–H groups in total. The summed E-state index contributed by atoms with van der Waals surface area (Å²) in [4.78, 5) is 54.9. The summed E-state index contributed by atoms with van der Waals surface area (Å²) in [5.41, 5.74) is -0.193. The second-order valence-corrected chi connectivity index (χ2v) is 10.3. The number of carbonyl (C=O) groups is 4. The molecule has 0 bridgehead atoms. The quantitative estimate of drug-likeness (QED) is 0.260. The zero-order valence-corrected chi connectivity index (χ0v) is 25.2. The van der Waals surface area contributed by atoms with Crippen molar-refractivity contribution in [3.8, 4) is 11.5 Å². The first kappa shape index (κ1) is 34.2. The van der Waals surface area contributed by atoms with Crippen molar-refractivity contribution in [2.45, 2.75) is 25.1 Å². The normalized spacial score (nSPS) is 14.1. The predicted octanol–water partition coefficient (Wildman–Crippen LogP) is 4.94. The Morgan fingerprint density at radius 2 is 1.70 bits per heavy atom. The van der Waals surface area contributed by atoms with Gasteiger partial charge in [-0.15, -0.1) is 0 Å². The van der Waals surface area contributed by atoms with Crippen molar-refractivity contribution in [3.63, 3.8) is 0 Å². The van der Waals surface area contributed by atoms with Gasteiger partial charge in [0.2, 0.25) is 5.91 Å². The number of nitrogens with one attached hydrogen (secondary N) is 1. The summed E-state index contributed by atoms with van der Waals surface area (Å²) in [6.07, 6.45) is 0.827. The van der Waals surface area contributed by atoms with Crippen LogP contribution in [0.1, 0.15) is 38.4 Å². The first-order valence-electron chi connectivity index (χ1n) is 14.1. The number of carboxylic acid groups (broad SMARTS) is 1. The highest BCUT2D eigenvalue weighted by Crippen LogP contribution is 2.34. The molecule has 0 radical (unpaired) electrons. The van der Waals surface area contributed by atoms with Crippen LogP contribution in [0, 0.1) is 0 Å². The van der Waals surface area contributed by atoms with Crippen LogP contribution in [0.25, 0.3) is 0 Å². The molecular weight excluding hydrogens is 623 g/mol. The Bertz CT molecular complexity index is 1700. The van der Waals surface area contributed by atoms with Crippen LogP contribution in [0.5, 0.6) is 11.5 Å². The Kier molecular flexibility index (Phi) is 11.0. The third-order valence-corrected chi connectivity index (χ3v) is 6.95. The van der Waals surface area contributed by atoms with E-state index in [1.165, 1.54) is 62.9 Å². The SMILES string of the molecule is COc1ccnc(C(=O)OC2C=CC(CN(CC(=O)O)C(=O)c3ccc(NC(=O)Cc4ccc(OC)cc4C(F)(F)F)cc3)=CC2)c1. The summed E-state index contributed by atoms with van der Waals surface area (Å²) in [6, 6.07) is 11.9. The monoisotopic (exact) mass is 653 g/mol. The van der Waals surface area contributed by atoms with E-state index in [0.717, 1.165) is 11.0 Å². The molecule has 1 aliphatic carbocycles. The van der Waals surface area contributed by atoms with E-state index >= 15 is 0 Å². The molecule has 1 aliphatic rings. The third-order valence-electron chi connectivity index (χ3n) is 6.95. The molecule has 1 unspecified atom stereocenters. The molecule has 246 valence electrons. The Hall–Kier alpha value is -5.66. The summed E-state index contributed by atoms with van der Waals surface area (Å²) in [5, 5.41) is 11.9. The van der Waals surface area contributed by atoms with Crippen molar-refractivity contribution in [1.82, 2.24) is 9.88 Å². The first-order chi connectivity index (χ1) is 22.4. The van der Waals surface area contributed by atoms with Gasteiger partial charge in [0.05, 0.1) is 26.2 Å². The van der Waals surface area contributed by atoms with Gasteiger partial charge in [0.15, 0.2) is 5.69 Å². The Morgan fingerprint density at radius 3 is 2.32 bits per heavy atom. The number of carbonyl (C=O) groups excluding carboxylic acids is 3. The van der Waals surface area contributed by atoms with Gasteiger partial charge in [-0.05, 0) is 59.7 Å². The van der Waals surface area contributed by atoms with E-state index in [4.69, 9.17) is 14.2 Å². The minimum Gasteiger partial charge on any atom is -0.497 e. The molecule has 0 fully saturated rings. The number of carboxylic acids is 1. The number of anilines is 1. The number of hydrogen-bond donors (Lipinski definition) is 2. The predicted molar refractivity (Wildman–Crippen MR) is 162 cm³/mol. The van der Waals surface area contributed by atoms with Crippen LogP contribution in [0.15, 0.2) is 84.6 Å². The average molecular weight is 654 g/mol. The maximum absolute atomic E-state index is 13.5. The van der Waals surface area contributed by atoms with Crippen molar-refractivity contribution in [2.24, 2.45) is 0 Å². The molecular formula is C33H30F3N3O8. The summed E-state index contributed by atoms with van der Waals surface area (Å²) >= 11 is 0. The lowest BCUT2D eigenvalue weighted by Gasteiger charge is -2.24. The largest absolute Gasteiger partial charge is 0.497 e. The summed E-state index contributed by atoms with van der Waals surface area (Å²) in [7, 11) is 2.70. The van der Waals surface area contributed by atoms with Crippen LogP contribution < -0.4 is 14.8 Å². The number of rotatable bonds is 12. The van der Waals surface area contributed by atoms with Gasteiger partial charge >= 0.3 is 18.1 Å². The summed E-state index contributed by atoms with van der Waals surface area (Å²) in [6.45, 7) is -0.659. The Labute approximate surface area is 267 Å². The van der Waals surface area contributed by atoms with E-state index in [9.17, 15) is 37.5 Å². The van der Waals surface area contributed by atoms with Crippen LogP contribution >= 0.6 is 0 Å². The number of esters is 1. The van der Waals surface area contributed by atoms with Crippen molar-refractivity contribution >= 4 is 29.4 Å². The number of hydrogen-bond acceptors (Lipinski definition) is 8. The van der Waals surface area contributed by atoms with E-state index in [-0.39, 0.29) is 41.2 Å². The van der Waals surface area contributed by atoms with Crippen LogP contribution in [0.2, 0.25) is 0 Å². The second-order valence-electron chi connectivity index (χ2n) is 10.3. The zero-order chi connectivity index (χ0) is 34.1. The number of nitrogens with zero attached hydrogens (tertiary/aromatic N) is 2. The molecule has 0 saturated heterocycles. The van der Waals surface area contributed by atoms with Crippen LogP contribution in [0.3, 0.4) is 0 Å². The van der Waals surface area contributed by atoms with Crippen molar-refractivity contribution < 1.29 is 51.7 Å². The van der Waals surface area contributed by atoms with Crippen molar-refractivity contribution in [3.05, 3.63) is 107 Å². The van der Waals surface area contributed by atoms with Crippen molar-refractivity contribution in [2.75, 3.05) is 32.6 Å². The number of methoxy groups -OCH3 is 2. The van der Waals surface area contributed by atoms with Gasteiger partial charge in [0.1, 0.15) is 24.1 Å². The van der Waals surface area contributed by atoms with Gasteiger partial charge in [-0.1, -0.05) is 18.2 Å². The van der Waals surface area contributed by atoms with Gasteiger partial charge in [-0.3, -0.25) is 14.4 Å². The number of aromatic nitrogens is 1. The Balaban J connectivity index is 1.36. The molecule has 0 spiro atoms. The van der Waals surface area contributed by atoms with Gasteiger partial charge in [-0.25, -0.2) is 9.78 Å². The Morgan fingerprint density at radius 1 is 1.00 bits per heavy atom. The number of aliphatic carboxylic acids is 1. The highest BCUT2D eigenvalue weighted by molar-refractivity contribution is 5.97. The van der Waals surface area contributed by atoms with E-state index in [2.05, 4.69) is 10.3 Å². The minimum absolute atomic E-state index is 0.00227. The fourth-order valence-electron chi connectivity index (χ4n) is 4.64. The molecule has 0 saturated carbocycles. The highest BCUT2D eigenvalue weighted by atomic mass is 19.4. The van der Waals surface area contributed by atoms with Crippen LogP contribution in [-0.4, -0.2) is 72.2 Å². The minimum atomic E-state index is -4.69. The molecule has 4 rings (SSSR count). The fourth-order valence-corrected chi connectivity index (χ4v) is 4.64. The maximum Gasteiger partial charge on any atom is 0.416 e. The lowest BCUT2D eigenvalue weighted by atomic mass is 10.0. The smallest absolute Gasteiger partial charge is 0.416 e. The highest BCUT2D eigenvalue weighted by Gasteiger charge is 2.34. The van der Waals surface area contributed by atoms with E-state index in [1.54, 1.807) is 24.3 Å². The number of halogens is 3. The average Bonchev–Trinajstić information content (AvgIpc) is 3.04. The van der Waals surface area contributed by atoms with Crippen LogP contribution in [0.4, 0.5) is 18.9 Å². The molecule has 1 atom stereocenters. The molecule has 1 aromatic heterocycles. The third kappa shape index (κ3) is 9.42. The van der Waals surface area contributed by atoms with E-state index < -0.39 is 54.6 Å². The first-order valence-corrected chi connectivity index (χ1v) is 14.1. The number of alkyl halides is 3. The summed E-state index contributed by atoms with van der Waals surface area (Å²) in [5.74, 6) is -2.76. The molecule has 14 heteroatoms. The number of benzene rings is 2. The van der Waals surface area contributed by atoms with Crippen LogP contribution in [-0.2, 0) is 26.9 Å². The van der Waals surface area contributed by atoms with E-state index in [0.29, 0.717) is 11.3 Å².